The number of hydrogen-bond donors (Lipinski definition) is 2. The van der Waals surface area contributed by atoms with Crippen LogP contribution in [0, 0.1) is 17.1 Å². The van der Waals surface area contributed by atoms with E-state index in [0.717, 1.165) is 18.5 Å². The van der Waals surface area contributed by atoms with Crippen LogP contribution in [0.2, 0.25) is 0 Å². The molecule has 2 rings (SSSR count). The molecule has 92 valence electrons. The molecule has 2 nitrogen and oxygen atoms in total. The van der Waals surface area contributed by atoms with Crippen LogP contribution in [-0.4, -0.2) is 5.71 Å². The molecule has 0 atom stereocenters. The molecule has 17 heavy (non-hydrogen) atoms. The van der Waals surface area contributed by atoms with Gasteiger partial charge in [0.15, 0.2) is 0 Å². The van der Waals surface area contributed by atoms with Gasteiger partial charge < -0.3 is 11.1 Å². The summed E-state index contributed by atoms with van der Waals surface area (Å²) in [6.45, 7) is 4.00. The molecule has 1 aromatic carbocycles. The summed E-state index contributed by atoms with van der Waals surface area (Å²) in [7, 11) is 0. The maximum Gasteiger partial charge on any atom is 0.123 e. The van der Waals surface area contributed by atoms with Crippen LogP contribution in [0.25, 0.3) is 0 Å². The lowest BCUT2D eigenvalue weighted by molar-refractivity contribution is 0.628. The first-order chi connectivity index (χ1) is 8.16. The Morgan fingerprint density at radius 1 is 1.29 bits per heavy atom. The lowest BCUT2D eigenvalue weighted by Crippen LogP contribution is -2.04. The van der Waals surface area contributed by atoms with Crippen molar-refractivity contribution in [3.05, 3.63) is 47.4 Å². The molecule has 3 heteroatoms. The summed E-state index contributed by atoms with van der Waals surface area (Å²) in [6, 6.07) is 5.89. The van der Waals surface area contributed by atoms with E-state index in [0.29, 0.717) is 17.2 Å². The van der Waals surface area contributed by atoms with Crippen LogP contribution in [0.5, 0.6) is 0 Å². The fraction of sp³-hybridized carbons (Fsp3) is 0.357. The van der Waals surface area contributed by atoms with Crippen molar-refractivity contribution < 1.29 is 4.39 Å². The van der Waals surface area contributed by atoms with Gasteiger partial charge in [0.2, 0.25) is 0 Å². The third kappa shape index (κ3) is 4.02. The first-order valence-corrected chi connectivity index (χ1v) is 5.98. The van der Waals surface area contributed by atoms with E-state index in [-0.39, 0.29) is 5.82 Å². The second-order valence-corrected chi connectivity index (χ2v) is 3.84. The van der Waals surface area contributed by atoms with E-state index in [1.807, 2.05) is 13.8 Å². The first kappa shape index (κ1) is 13.4. The average Bonchev–Trinajstić information content (AvgIpc) is 3.16. The molecular weight excluding hydrogens is 215 g/mol. The van der Waals surface area contributed by atoms with Gasteiger partial charge in [0, 0.05) is 5.70 Å². The molecule has 0 unspecified atom stereocenters. The minimum Gasteiger partial charge on any atom is -0.402 e. The van der Waals surface area contributed by atoms with Crippen LogP contribution in [0.1, 0.15) is 32.3 Å². The predicted octanol–water partition coefficient (Wildman–Crippen LogP) is 3.47. The van der Waals surface area contributed by atoms with Gasteiger partial charge in [-0.25, -0.2) is 4.39 Å². The molecule has 1 aliphatic carbocycles. The minimum absolute atomic E-state index is 0.286. The Bertz CT molecular complexity index is 403. The monoisotopic (exact) mass is 234 g/mol. The number of nitrogens with one attached hydrogen (secondary N) is 1. The third-order valence-electron chi connectivity index (χ3n) is 2.51. The summed E-state index contributed by atoms with van der Waals surface area (Å²) in [5, 5.41) is 7.77. The summed E-state index contributed by atoms with van der Waals surface area (Å²) in [4.78, 5) is 0. The first-order valence-electron chi connectivity index (χ1n) is 5.98. The van der Waals surface area contributed by atoms with Crippen molar-refractivity contribution in [1.29, 1.82) is 5.41 Å². The molecule has 1 fully saturated rings. The van der Waals surface area contributed by atoms with Crippen LogP contribution in [0.3, 0.4) is 0 Å². The molecule has 1 saturated carbocycles. The van der Waals surface area contributed by atoms with Crippen molar-refractivity contribution in [1.82, 2.24) is 0 Å². The second-order valence-electron chi connectivity index (χ2n) is 3.84. The van der Waals surface area contributed by atoms with Crippen molar-refractivity contribution in [3.63, 3.8) is 0 Å². The van der Waals surface area contributed by atoms with Gasteiger partial charge in [-0.05, 0) is 54.7 Å². The molecule has 0 spiro atoms. The Labute approximate surface area is 102 Å². The Hall–Kier alpha value is -1.64. The zero-order valence-corrected chi connectivity index (χ0v) is 10.3. The van der Waals surface area contributed by atoms with Gasteiger partial charge in [0.25, 0.3) is 0 Å². The molecule has 0 saturated heterocycles. The van der Waals surface area contributed by atoms with Gasteiger partial charge >= 0.3 is 0 Å². The van der Waals surface area contributed by atoms with Gasteiger partial charge in [-0.3, -0.25) is 0 Å². The molecule has 1 aromatic rings. The van der Waals surface area contributed by atoms with E-state index >= 15 is 0 Å². The fourth-order valence-corrected chi connectivity index (χ4v) is 1.41. The summed E-state index contributed by atoms with van der Waals surface area (Å²) >= 11 is 0. The Balaban J connectivity index is 0.000000686. The molecule has 0 amide bonds. The Morgan fingerprint density at radius 2 is 1.82 bits per heavy atom. The predicted molar refractivity (Wildman–Crippen MR) is 69.6 cm³/mol. The molecule has 0 heterocycles. The molecule has 0 bridgehead atoms. The van der Waals surface area contributed by atoms with E-state index in [2.05, 4.69) is 0 Å². The molecule has 3 N–H and O–H groups in total. The molecular formula is C14H19FN2. The van der Waals surface area contributed by atoms with Crippen LogP contribution in [0.15, 0.2) is 36.0 Å². The van der Waals surface area contributed by atoms with Gasteiger partial charge in [-0.2, -0.15) is 0 Å². The highest BCUT2D eigenvalue weighted by Crippen LogP contribution is 2.33. The second kappa shape index (κ2) is 6.18. The molecule has 0 radical (unpaired) electrons. The molecule has 0 aliphatic heterocycles. The van der Waals surface area contributed by atoms with Crippen LogP contribution in [0.4, 0.5) is 4.39 Å². The van der Waals surface area contributed by atoms with E-state index in [1.165, 1.54) is 12.1 Å². The highest BCUT2D eigenvalue weighted by atomic mass is 19.1. The maximum absolute atomic E-state index is 12.6. The SMILES string of the molecule is CC.N=C(/C=C(\N)C1CC1)c1ccc(F)cc1. The maximum atomic E-state index is 12.6. The van der Waals surface area contributed by atoms with Crippen LogP contribution in [-0.2, 0) is 0 Å². The highest BCUT2D eigenvalue weighted by Gasteiger charge is 2.24. The summed E-state index contributed by atoms with van der Waals surface area (Å²) in [6.07, 6.45) is 3.92. The summed E-state index contributed by atoms with van der Waals surface area (Å²) < 4.78 is 12.6. The van der Waals surface area contributed by atoms with Crippen molar-refractivity contribution in [3.8, 4) is 0 Å². The smallest absolute Gasteiger partial charge is 0.123 e. The van der Waals surface area contributed by atoms with Crippen molar-refractivity contribution in [2.24, 2.45) is 11.7 Å². The van der Waals surface area contributed by atoms with Gasteiger partial charge in [0.05, 0.1) is 5.71 Å². The van der Waals surface area contributed by atoms with E-state index in [4.69, 9.17) is 11.1 Å². The number of rotatable bonds is 3. The van der Waals surface area contributed by atoms with Crippen LogP contribution >= 0.6 is 0 Å². The number of hydrogen-bond acceptors (Lipinski definition) is 2. The third-order valence-corrected chi connectivity index (χ3v) is 2.51. The summed E-state index contributed by atoms with van der Waals surface area (Å²) in [5.41, 5.74) is 7.60. The standard InChI is InChI=1S/C12H13FN2.C2H6/c13-10-5-3-9(4-6-10)12(15)7-11(14)8-1-2-8;1-2/h3-8,15H,1-2,14H2;1-2H3/b11-7-,15-12?;. The number of allylic oxidation sites excluding steroid dienone is 2. The summed E-state index contributed by atoms with van der Waals surface area (Å²) in [5.74, 6) is 0.177. The normalized spacial score (nSPS) is 14.9. The zero-order chi connectivity index (χ0) is 12.8. The largest absolute Gasteiger partial charge is 0.402 e. The minimum atomic E-state index is -0.286. The molecule has 1 aliphatic rings. The Morgan fingerprint density at radius 3 is 2.29 bits per heavy atom. The van der Waals surface area contributed by atoms with E-state index in [9.17, 15) is 4.39 Å². The number of halogens is 1. The Kier molecular flexibility index (Phi) is 4.88. The fourth-order valence-electron chi connectivity index (χ4n) is 1.41. The highest BCUT2D eigenvalue weighted by molar-refractivity contribution is 6.06. The van der Waals surface area contributed by atoms with Crippen molar-refractivity contribution >= 4 is 5.71 Å². The van der Waals surface area contributed by atoms with Gasteiger partial charge in [-0.1, -0.05) is 13.8 Å². The lowest BCUT2D eigenvalue weighted by Gasteiger charge is -2.01. The molecule has 0 aromatic heterocycles. The zero-order valence-electron chi connectivity index (χ0n) is 10.3. The number of benzene rings is 1. The van der Waals surface area contributed by atoms with E-state index in [1.54, 1.807) is 18.2 Å². The quantitative estimate of drug-likeness (QED) is 0.773. The van der Waals surface area contributed by atoms with Gasteiger partial charge in [-0.15, -0.1) is 0 Å². The van der Waals surface area contributed by atoms with Crippen LogP contribution < -0.4 is 5.73 Å². The average molecular weight is 234 g/mol. The number of nitrogens with two attached hydrogens (primary N) is 1. The van der Waals surface area contributed by atoms with Crippen molar-refractivity contribution in [2.75, 3.05) is 0 Å². The van der Waals surface area contributed by atoms with E-state index < -0.39 is 0 Å². The van der Waals surface area contributed by atoms with Gasteiger partial charge in [0.1, 0.15) is 5.82 Å². The topological polar surface area (TPSA) is 49.9 Å². The van der Waals surface area contributed by atoms with Crippen molar-refractivity contribution in [2.45, 2.75) is 26.7 Å². The lowest BCUT2D eigenvalue weighted by atomic mass is 10.1.